The van der Waals surface area contributed by atoms with Crippen LogP contribution in [0.5, 0.6) is 0 Å². The van der Waals surface area contributed by atoms with Gasteiger partial charge in [-0.25, -0.2) is 0 Å². The SMILES string of the molecule is CC(C)N(C)CCNC1CCN(CC(F)(F)F)CC1. The molecule has 0 aromatic carbocycles. The van der Waals surface area contributed by atoms with Crippen molar-refractivity contribution >= 4 is 0 Å². The van der Waals surface area contributed by atoms with E-state index in [-0.39, 0.29) is 0 Å². The van der Waals surface area contributed by atoms with E-state index in [9.17, 15) is 13.2 Å². The Morgan fingerprint density at radius 2 is 1.84 bits per heavy atom. The first-order chi connectivity index (χ1) is 8.78. The zero-order chi connectivity index (χ0) is 14.5. The van der Waals surface area contributed by atoms with Crippen LogP contribution in [-0.2, 0) is 0 Å². The Hall–Kier alpha value is -0.330. The maximum absolute atomic E-state index is 12.2. The Morgan fingerprint density at radius 1 is 1.26 bits per heavy atom. The lowest BCUT2D eigenvalue weighted by molar-refractivity contribution is -0.148. The maximum atomic E-state index is 12.2. The van der Waals surface area contributed by atoms with Gasteiger partial charge in [0.05, 0.1) is 6.54 Å². The monoisotopic (exact) mass is 281 g/mol. The highest BCUT2D eigenvalue weighted by molar-refractivity contribution is 4.78. The Balaban J connectivity index is 2.13. The number of nitrogens with one attached hydrogen (secondary N) is 1. The number of rotatable bonds is 6. The first kappa shape index (κ1) is 16.7. The zero-order valence-corrected chi connectivity index (χ0v) is 12.1. The third-order valence-corrected chi connectivity index (χ3v) is 3.77. The van der Waals surface area contributed by atoms with Crippen molar-refractivity contribution in [3.05, 3.63) is 0 Å². The molecule has 3 nitrogen and oxygen atoms in total. The summed E-state index contributed by atoms with van der Waals surface area (Å²) in [6.45, 7) is 6.48. The van der Waals surface area contributed by atoms with Gasteiger partial charge in [0.25, 0.3) is 0 Å². The van der Waals surface area contributed by atoms with Crippen LogP contribution in [0.15, 0.2) is 0 Å². The number of likely N-dealkylation sites (tertiary alicyclic amines) is 1. The molecular formula is C13H26F3N3. The fourth-order valence-corrected chi connectivity index (χ4v) is 2.25. The van der Waals surface area contributed by atoms with Gasteiger partial charge >= 0.3 is 6.18 Å². The van der Waals surface area contributed by atoms with Gasteiger partial charge in [-0.3, -0.25) is 4.90 Å². The quantitative estimate of drug-likeness (QED) is 0.803. The van der Waals surface area contributed by atoms with Crippen molar-refractivity contribution in [2.45, 2.75) is 44.9 Å². The van der Waals surface area contributed by atoms with Gasteiger partial charge in [-0.1, -0.05) is 0 Å². The molecule has 0 atom stereocenters. The van der Waals surface area contributed by atoms with Crippen molar-refractivity contribution in [2.75, 3.05) is 39.8 Å². The molecular weight excluding hydrogens is 255 g/mol. The molecule has 1 fully saturated rings. The molecule has 0 saturated carbocycles. The van der Waals surface area contributed by atoms with Gasteiger partial charge in [-0.2, -0.15) is 13.2 Å². The van der Waals surface area contributed by atoms with Crippen LogP contribution in [0.3, 0.4) is 0 Å². The van der Waals surface area contributed by atoms with Crippen LogP contribution in [0.4, 0.5) is 13.2 Å². The molecule has 1 heterocycles. The van der Waals surface area contributed by atoms with Gasteiger partial charge in [0.1, 0.15) is 0 Å². The van der Waals surface area contributed by atoms with Gasteiger partial charge in [-0.05, 0) is 46.8 Å². The number of piperidine rings is 1. The first-order valence-electron chi connectivity index (χ1n) is 7.00. The van der Waals surface area contributed by atoms with Crippen molar-refractivity contribution in [3.8, 4) is 0 Å². The Kier molecular flexibility index (Phi) is 6.56. The van der Waals surface area contributed by atoms with Crippen molar-refractivity contribution in [3.63, 3.8) is 0 Å². The van der Waals surface area contributed by atoms with Gasteiger partial charge in [-0.15, -0.1) is 0 Å². The highest BCUT2D eigenvalue weighted by Gasteiger charge is 2.32. The maximum Gasteiger partial charge on any atom is 0.401 e. The second-order valence-electron chi connectivity index (χ2n) is 5.69. The van der Waals surface area contributed by atoms with Crippen LogP contribution >= 0.6 is 0 Å². The van der Waals surface area contributed by atoms with E-state index < -0.39 is 12.7 Å². The van der Waals surface area contributed by atoms with Crippen LogP contribution < -0.4 is 5.32 Å². The van der Waals surface area contributed by atoms with E-state index in [0.29, 0.717) is 25.2 Å². The van der Waals surface area contributed by atoms with Crippen LogP contribution in [-0.4, -0.2) is 67.8 Å². The molecule has 0 aliphatic carbocycles. The van der Waals surface area contributed by atoms with E-state index in [1.54, 1.807) is 0 Å². The van der Waals surface area contributed by atoms with E-state index in [1.165, 1.54) is 4.90 Å². The fraction of sp³-hybridized carbons (Fsp3) is 1.00. The van der Waals surface area contributed by atoms with Crippen LogP contribution in [0.2, 0.25) is 0 Å². The molecule has 0 radical (unpaired) electrons. The number of alkyl halides is 3. The summed E-state index contributed by atoms with van der Waals surface area (Å²) in [5.41, 5.74) is 0. The molecule has 1 aliphatic rings. The molecule has 6 heteroatoms. The normalized spacial score (nSPS) is 19.6. The highest BCUT2D eigenvalue weighted by atomic mass is 19.4. The van der Waals surface area contributed by atoms with Crippen LogP contribution in [0.1, 0.15) is 26.7 Å². The third kappa shape index (κ3) is 7.13. The van der Waals surface area contributed by atoms with Crippen molar-refractivity contribution < 1.29 is 13.2 Å². The smallest absolute Gasteiger partial charge is 0.313 e. The van der Waals surface area contributed by atoms with Gasteiger partial charge in [0.15, 0.2) is 0 Å². The minimum Gasteiger partial charge on any atom is -0.313 e. The Morgan fingerprint density at radius 3 is 2.32 bits per heavy atom. The number of likely N-dealkylation sites (N-methyl/N-ethyl adjacent to an activating group) is 1. The summed E-state index contributed by atoms with van der Waals surface area (Å²) in [4.78, 5) is 3.75. The van der Waals surface area contributed by atoms with Gasteiger partial charge < -0.3 is 10.2 Å². The molecule has 1 rings (SSSR count). The summed E-state index contributed by atoms with van der Waals surface area (Å²) in [6.07, 6.45) is -2.46. The van der Waals surface area contributed by atoms with Crippen molar-refractivity contribution in [1.82, 2.24) is 15.1 Å². The summed E-state index contributed by atoms with van der Waals surface area (Å²) >= 11 is 0. The number of hydrogen-bond acceptors (Lipinski definition) is 3. The summed E-state index contributed by atoms with van der Waals surface area (Å²) in [7, 11) is 2.08. The molecule has 0 amide bonds. The lowest BCUT2D eigenvalue weighted by Gasteiger charge is -2.33. The van der Waals surface area contributed by atoms with E-state index >= 15 is 0 Å². The zero-order valence-electron chi connectivity index (χ0n) is 12.1. The van der Waals surface area contributed by atoms with E-state index in [0.717, 1.165) is 25.9 Å². The predicted molar refractivity (Wildman–Crippen MR) is 71.3 cm³/mol. The fourth-order valence-electron chi connectivity index (χ4n) is 2.25. The van der Waals surface area contributed by atoms with Crippen LogP contribution in [0, 0.1) is 0 Å². The molecule has 0 aromatic heterocycles. The molecule has 0 aromatic rings. The van der Waals surface area contributed by atoms with E-state index in [1.807, 2.05) is 0 Å². The molecule has 0 unspecified atom stereocenters. The lowest BCUT2D eigenvalue weighted by Crippen LogP contribution is -2.47. The molecule has 0 spiro atoms. The molecule has 1 aliphatic heterocycles. The van der Waals surface area contributed by atoms with Crippen molar-refractivity contribution in [2.24, 2.45) is 0 Å². The van der Waals surface area contributed by atoms with Crippen molar-refractivity contribution in [1.29, 1.82) is 0 Å². The summed E-state index contributed by atoms with van der Waals surface area (Å²) < 4.78 is 36.7. The number of hydrogen-bond donors (Lipinski definition) is 1. The topological polar surface area (TPSA) is 18.5 Å². The second-order valence-corrected chi connectivity index (χ2v) is 5.69. The number of nitrogens with zero attached hydrogens (tertiary/aromatic N) is 2. The van der Waals surface area contributed by atoms with Crippen LogP contribution in [0.25, 0.3) is 0 Å². The minimum absolute atomic E-state index is 0.366. The Labute approximate surface area is 114 Å². The van der Waals surface area contributed by atoms with E-state index in [2.05, 4.69) is 31.1 Å². The van der Waals surface area contributed by atoms with E-state index in [4.69, 9.17) is 0 Å². The third-order valence-electron chi connectivity index (χ3n) is 3.77. The Bertz CT molecular complexity index is 248. The van der Waals surface area contributed by atoms with Gasteiger partial charge in [0, 0.05) is 25.2 Å². The lowest BCUT2D eigenvalue weighted by atomic mass is 10.1. The molecule has 1 saturated heterocycles. The average Bonchev–Trinajstić information content (AvgIpc) is 2.29. The first-order valence-corrected chi connectivity index (χ1v) is 7.00. The molecule has 0 bridgehead atoms. The summed E-state index contributed by atoms with van der Waals surface area (Å²) in [6, 6.07) is 0.889. The minimum atomic E-state index is -4.07. The highest BCUT2D eigenvalue weighted by Crippen LogP contribution is 2.19. The summed E-state index contributed by atoms with van der Waals surface area (Å²) in [5.74, 6) is 0. The standard InChI is InChI=1S/C13H26F3N3/c1-11(2)18(3)9-6-17-12-4-7-19(8-5-12)10-13(14,15)16/h11-12,17H,4-10H2,1-3H3. The summed E-state index contributed by atoms with van der Waals surface area (Å²) in [5, 5.41) is 3.44. The number of halogens is 3. The van der Waals surface area contributed by atoms with Gasteiger partial charge in [0.2, 0.25) is 0 Å². The average molecular weight is 281 g/mol. The molecule has 114 valence electrons. The largest absolute Gasteiger partial charge is 0.401 e. The molecule has 19 heavy (non-hydrogen) atoms. The molecule has 1 N–H and O–H groups in total. The second kappa shape index (κ2) is 7.45. The predicted octanol–water partition coefficient (Wildman–Crippen LogP) is 1.94.